The molecule has 0 fully saturated rings. The molecule has 102 valence electrons. The molecule has 8 heteroatoms. The summed E-state index contributed by atoms with van der Waals surface area (Å²) in [5.41, 5.74) is -2.63. The highest BCUT2D eigenvalue weighted by atomic mass is 32.2. The Balaban J connectivity index is 1.94. The number of hydrogen-bond acceptors (Lipinski definition) is 4. The van der Waals surface area contributed by atoms with Crippen LogP contribution in [0.15, 0.2) is 35.4 Å². The van der Waals surface area contributed by atoms with E-state index >= 15 is 0 Å². The second-order valence-corrected chi connectivity index (χ2v) is 4.91. The second kappa shape index (κ2) is 5.52. The lowest BCUT2D eigenvalue weighted by Crippen LogP contribution is -2.05. The number of rotatable bonds is 4. The number of thioether (sulfide) groups is 1. The highest BCUT2D eigenvalue weighted by molar-refractivity contribution is 8.00. The molecule has 1 aromatic carbocycles. The van der Waals surface area contributed by atoms with Gasteiger partial charge in [-0.15, -0.1) is 5.10 Å². The Morgan fingerprint density at radius 2 is 1.95 bits per heavy atom. The highest BCUT2D eigenvalue weighted by Crippen LogP contribution is 2.37. The topological polar surface area (TPSA) is 42.7 Å². The van der Waals surface area contributed by atoms with Crippen LogP contribution >= 0.6 is 11.8 Å². The Hall–Kier alpha value is -1.70. The molecule has 2 rings (SSSR count). The predicted molar refractivity (Wildman–Crippen MR) is 66.7 cm³/mol. The largest absolute Gasteiger partial charge is 0.446 e. The zero-order valence-electron chi connectivity index (χ0n) is 9.98. The predicted octanol–water partition coefficient (Wildman–Crippen LogP) is 3.04. The Bertz CT molecular complexity index is 536. The third-order valence-electron chi connectivity index (χ3n) is 2.37. The quantitative estimate of drug-likeness (QED) is 0.878. The lowest BCUT2D eigenvalue weighted by atomic mass is 10.3. The van der Waals surface area contributed by atoms with Gasteiger partial charge in [0, 0.05) is 17.6 Å². The summed E-state index contributed by atoms with van der Waals surface area (Å²) in [7, 11) is 1.77. The van der Waals surface area contributed by atoms with Crippen molar-refractivity contribution in [2.24, 2.45) is 7.05 Å². The number of nitrogens with zero attached hydrogens (tertiary/aromatic N) is 3. The average Bonchev–Trinajstić information content (AvgIpc) is 2.72. The van der Waals surface area contributed by atoms with E-state index in [2.05, 4.69) is 15.6 Å². The molecule has 0 saturated heterocycles. The lowest BCUT2D eigenvalue weighted by Gasteiger charge is -2.08. The molecule has 0 aliphatic carbocycles. The Morgan fingerprint density at radius 3 is 2.47 bits per heavy atom. The highest BCUT2D eigenvalue weighted by Gasteiger charge is 2.28. The molecule has 0 aliphatic heterocycles. The molecule has 2 aromatic rings. The van der Waals surface area contributed by atoms with Crippen molar-refractivity contribution in [1.29, 1.82) is 0 Å². The van der Waals surface area contributed by atoms with Crippen LogP contribution in [0.5, 0.6) is 0 Å². The van der Waals surface area contributed by atoms with E-state index in [0.29, 0.717) is 6.54 Å². The third-order valence-corrected chi connectivity index (χ3v) is 3.11. The smallest absolute Gasteiger partial charge is 0.379 e. The minimum atomic E-state index is -4.25. The van der Waals surface area contributed by atoms with Crippen LogP contribution in [0.3, 0.4) is 0 Å². The number of anilines is 1. The Kier molecular flexibility index (Phi) is 3.98. The molecular weight excluding hydrogens is 277 g/mol. The molecule has 0 aliphatic rings. The first-order valence-electron chi connectivity index (χ1n) is 5.37. The van der Waals surface area contributed by atoms with E-state index in [1.54, 1.807) is 30.1 Å². The van der Waals surface area contributed by atoms with Gasteiger partial charge in [-0.2, -0.15) is 13.2 Å². The van der Waals surface area contributed by atoms with Crippen LogP contribution in [-0.2, 0) is 13.6 Å². The zero-order valence-corrected chi connectivity index (χ0v) is 10.8. The van der Waals surface area contributed by atoms with Crippen LogP contribution in [0.2, 0.25) is 0 Å². The van der Waals surface area contributed by atoms with Crippen LogP contribution in [0.1, 0.15) is 5.69 Å². The van der Waals surface area contributed by atoms with Crippen molar-refractivity contribution < 1.29 is 13.2 Å². The minimum absolute atomic E-state index is 0.124. The number of aryl methyl sites for hydroxylation is 1. The first-order valence-corrected chi connectivity index (χ1v) is 6.19. The summed E-state index contributed by atoms with van der Waals surface area (Å²) >= 11 is -0.124. The minimum Gasteiger partial charge on any atom is -0.379 e. The monoisotopic (exact) mass is 288 g/mol. The third kappa shape index (κ3) is 4.16. The fourth-order valence-electron chi connectivity index (χ4n) is 1.44. The molecule has 0 saturated carbocycles. The van der Waals surface area contributed by atoms with Gasteiger partial charge in [-0.25, -0.2) is 0 Å². The van der Waals surface area contributed by atoms with Gasteiger partial charge in [0.15, 0.2) is 0 Å². The average molecular weight is 288 g/mol. The normalized spacial score (nSPS) is 11.6. The lowest BCUT2D eigenvalue weighted by molar-refractivity contribution is -0.0328. The molecule has 0 amide bonds. The maximum absolute atomic E-state index is 12.2. The van der Waals surface area contributed by atoms with E-state index < -0.39 is 5.51 Å². The molecule has 1 N–H and O–H groups in total. The van der Waals surface area contributed by atoms with Gasteiger partial charge in [-0.1, -0.05) is 5.21 Å². The van der Waals surface area contributed by atoms with E-state index in [1.807, 2.05) is 0 Å². The van der Waals surface area contributed by atoms with E-state index in [1.165, 1.54) is 12.1 Å². The molecule has 1 aromatic heterocycles. The summed E-state index contributed by atoms with van der Waals surface area (Å²) in [5, 5.41) is 10.6. The summed E-state index contributed by atoms with van der Waals surface area (Å²) in [5.74, 6) is 0. The summed E-state index contributed by atoms with van der Waals surface area (Å²) < 4.78 is 38.1. The van der Waals surface area contributed by atoms with Crippen LogP contribution in [0.4, 0.5) is 18.9 Å². The van der Waals surface area contributed by atoms with Gasteiger partial charge < -0.3 is 5.32 Å². The maximum Gasteiger partial charge on any atom is 0.446 e. The molecule has 1 heterocycles. The summed E-state index contributed by atoms with van der Waals surface area (Å²) in [6.07, 6.45) is 1.63. The number of nitrogens with one attached hydrogen (secondary N) is 1. The second-order valence-electron chi connectivity index (χ2n) is 3.77. The van der Waals surface area contributed by atoms with Crippen LogP contribution in [0.25, 0.3) is 0 Å². The van der Waals surface area contributed by atoms with Gasteiger partial charge in [-0.3, -0.25) is 4.68 Å². The fourth-order valence-corrected chi connectivity index (χ4v) is 1.98. The van der Waals surface area contributed by atoms with Gasteiger partial charge in [-0.05, 0) is 36.0 Å². The molecule has 0 radical (unpaired) electrons. The van der Waals surface area contributed by atoms with Crippen molar-refractivity contribution in [2.75, 3.05) is 5.32 Å². The van der Waals surface area contributed by atoms with E-state index in [4.69, 9.17) is 0 Å². The SMILES string of the molecule is Cn1nncc1CNc1ccc(SC(F)(F)F)cc1. The van der Waals surface area contributed by atoms with E-state index in [9.17, 15) is 13.2 Å². The number of alkyl halides is 3. The van der Waals surface area contributed by atoms with Crippen LogP contribution in [0, 0.1) is 0 Å². The molecule has 19 heavy (non-hydrogen) atoms. The van der Waals surface area contributed by atoms with Gasteiger partial charge >= 0.3 is 5.51 Å². The standard InChI is InChI=1S/C11H11F3N4S/c1-18-9(7-16-17-18)6-15-8-2-4-10(5-3-8)19-11(12,13)14/h2-5,7,15H,6H2,1H3. The summed E-state index contributed by atoms with van der Waals surface area (Å²) in [6, 6.07) is 6.08. The Labute approximate surface area is 112 Å². The van der Waals surface area contributed by atoms with Gasteiger partial charge in [0.1, 0.15) is 0 Å². The molecule has 0 bridgehead atoms. The van der Waals surface area contributed by atoms with Crippen molar-refractivity contribution in [3.8, 4) is 0 Å². The van der Waals surface area contributed by atoms with E-state index in [-0.39, 0.29) is 16.7 Å². The maximum atomic E-state index is 12.2. The van der Waals surface area contributed by atoms with Crippen molar-refractivity contribution in [3.63, 3.8) is 0 Å². The van der Waals surface area contributed by atoms with Gasteiger partial charge in [0.25, 0.3) is 0 Å². The van der Waals surface area contributed by atoms with Crippen molar-refractivity contribution in [1.82, 2.24) is 15.0 Å². The summed E-state index contributed by atoms with van der Waals surface area (Å²) in [4.78, 5) is 0.167. The first kappa shape index (κ1) is 13.7. The van der Waals surface area contributed by atoms with Crippen molar-refractivity contribution in [2.45, 2.75) is 16.9 Å². The van der Waals surface area contributed by atoms with Gasteiger partial charge in [0.2, 0.25) is 0 Å². The molecule has 0 spiro atoms. The van der Waals surface area contributed by atoms with Crippen molar-refractivity contribution in [3.05, 3.63) is 36.2 Å². The summed E-state index contributed by atoms with van der Waals surface area (Å²) in [6.45, 7) is 0.509. The van der Waals surface area contributed by atoms with Crippen LogP contribution < -0.4 is 5.32 Å². The number of benzene rings is 1. The Morgan fingerprint density at radius 1 is 1.26 bits per heavy atom. The molecular formula is C11H11F3N4S. The fraction of sp³-hybridized carbons (Fsp3) is 0.273. The molecule has 0 unspecified atom stereocenters. The molecule has 4 nitrogen and oxygen atoms in total. The number of halogens is 3. The van der Waals surface area contributed by atoms with Crippen molar-refractivity contribution >= 4 is 17.4 Å². The van der Waals surface area contributed by atoms with Gasteiger partial charge in [0.05, 0.1) is 18.4 Å². The molecule has 0 atom stereocenters. The van der Waals surface area contributed by atoms with E-state index in [0.717, 1.165) is 11.4 Å². The van der Waals surface area contributed by atoms with Crippen LogP contribution in [-0.4, -0.2) is 20.5 Å². The number of aromatic nitrogens is 3. The first-order chi connectivity index (χ1) is 8.94. The zero-order chi connectivity index (χ0) is 13.9. The number of hydrogen-bond donors (Lipinski definition) is 1.